The Morgan fingerprint density at radius 3 is 1.77 bits per heavy atom. The molecule has 60 heavy (non-hydrogen) atoms. The summed E-state index contributed by atoms with van der Waals surface area (Å²) in [5, 5.41) is 144. The molecule has 16 N–H and O–H groups in total. The Labute approximate surface area is 340 Å². The molecule has 27 nitrogen and oxygen atoms in total. The van der Waals surface area contributed by atoms with Crippen LogP contribution in [0.3, 0.4) is 0 Å². The van der Waals surface area contributed by atoms with Crippen molar-refractivity contribution in [2.24, 2.45) is 0 Å². The highest BCUT2D eigenvalue weighted by Crippen LogP contribution is 2.36. The number of aliphatic carboxylic acids is 1. The third-order valence-corrected chi connectivity index (χ3v) is 10.4. The molecule has 4 heterocycles. The molecule has 0 aromatic rings. The Morgan fingerprint density at radius 2 is 1.22 bits per heavy atom. The van der Waals surface area contributed by atoms with Crippen LogP contribution in [0, 0.1) is 0 Å². The van der Waals surface area contributed by atoms with Gasteiger partial charge in [0, 0.05) is 27.2 Å². The van der Waals surface area contributed by atoms with Crippen LogP contribution in [-0.4, -0.2) is 245 Å². The Hall–Kier alpha value is -2.88. The summed E-state index contributed by atoms with van der Waals surface area (Å²) in [6, 6.07) is -4.75. The van der Waals surface area contributed by atoms with Crippen LogP contribution in [0.15, 0.2) is 0 Å². The Balaban J connectivity index is 1.57. The van der Waals surface area contributed by atoms with Crippen LogP contribution >= 0.6 is 0 Å². The van der Waals surface area contributed by atoms with Crippen molar-refractivity contribution in [2.75, 3.05) is 26.4 Å². The molecule has 0 saturated carbocycles. The largest absolute Gasteiger partial charge is 0.477 e. The summed E-state index contributed by atoms with van der Waals surface area (Å²) in [6.07, 6.45) is -33.1. The van der Waals surface area contributed by atoms with Gasteiger partial charge in [0.15, 0.2) is 18.9 Å². The number of carboxylic acids is 1. The third-order valence-electron chi connectivity index (χ3n) is 10.4. The molecule has 0 spiro atoms. The first-order valence-corrected chi connectivity index (χ1v) is 18.7. The monoisotopic (exact) mass is 877 g/mol. The molecule has 4 fully saturated rings. The number of hydrogen-bond donors (Lipinski definition) is 16. The number of carbonyl (C=O) groups is 4. The Kier molecular flexibility index (Phi) is 17.4. The maximum atomic E-state index is 12.7. The van der Waals surface area contributed by atoms with Crippen LogP contribution in [0.4, 0.5) is 0 Å². The van der Waals surface area contributed by atoms with E-state index in [9.17, 15) is 85.6 Å². The van der Waals surface area contributed by atoms with E-state index in [0.717, 1.165) is 20.8 Å². The topological polar surface area (TPSA) is 432 Å². The summed E-state index contributed by atoms with van der Waals surface area (Å²) >= 11 is 0. The molecular formula is C33H55N3O24. The minimum Gasteiger partial charge on any atom is -0.477 e. The van der Waals surface area contributed by atoms with E-state index in [1.165, 1.54) is 0 Å². The smallest absolute Gasteiger partial charge is 0.364 e. The summed E-state index contributed by atoms with van der Waals surface area (Å²) < 4.78 is 39.2. The fourth-order valence-electron chi connectivity index (χ4n) is 7.34. The van der Waals surface area contributed by atoms with Gasteiger partial charge in [0.2, 0.25) is 17.7 Å². The molecule has 0 bridgehead atoms. The molecule has 0 aromatic heterocycles. The molecule has 4 rings (SSSR count). The van der Waals surface area contributed by atoms with Gasteiger partial charge in [-0.2, -0.15) is 0 Å². The number of aliphatic hydroxyl groups excluding tert-OH is 12. The molecule has 346 valence electrons. The number of rotatable bonds is 16. The van der Waals surface area contributed by atoms with Crippen molar-refractivity contribution < 1.29 is 119 Å². The van der Waals surface area contributed by atoms with Gasteiger partial charge in [-0.1, -0.05) is 0 Å². The zero-order valence-corrected chi connectivity index (χ0v) is 32.4. The molecule has 27 heteroatoms. The first-order chi connectivity index (χ1) is 28.1. The van der Waals surface area contributed by atoms with E-state index in [1.54, 1.807) is 0 Å². The maximum absolute atomic E-state index is 12.7. The minimum atomic E-state index is -2.92. The predicted molar refractivity (Wildman–Crippen MR) is 186 cm³/mol. The molecular weight excluding hydrogens is 822 g/mol. The minimum absolute atomic E-state index is 0.716. The highest BCUT2D eigenvalue weighted by atomic mass is 16.8. The van der Waals surface area contributed by atoms with Crippen LogP contribution in [0.25, 0.3) is 0 Å². The van der Waals surface area contributed by atoms with Gasteiger partial charge >= 0.3 is 5.97 Å². The molecule has 1 unspecified atom stereocenters. The molecule has 0 aliphatic carbocycles. The number of ether oxygens (including phenoxy) is 7. The average Bonchev–Trinajstić information content (AvgIpc) is 3.18. The van der Waals surface area contributed by atoms with E-state index in [1.807, 2.05) is 0 Å². The molecule has 0 radical (unpaired) electrons. The van der Waals surface area contributed by atoms with E-state index < -0.39 is 185 Å². The van der Waals surface area contributed by atoms with Crippen molar-refractivity contribution in [2.45, 2.75) is 155 Å². The van der Waals surface area contributed by atoms with Crippen molar-refractivity contribution in [1.82, 2.24) is 16.0 Å². The highest BCUT2D eigenvalue weighted by Gasteiger charge is 2.58. The van der Waals surface area contributed by atoms with Gasteiger partial charge in [-0.3, -0.25) is 14.4 Å². The molecule has 0 aromatic carbocycles. The molecule has 21 atom stereocenters. The number of nitrogens with one attached hydrogen (secondary N) is 3. The van der Waals surface area contributed by atoms with E-state index in [-0.39, 0.29) is 0 Å². The van der Waals surface area contributed by atoms with E-state index >= 15 is 0 Å². The summed E-state index contributed by atoms with van der Waals surface area (Å²) in [6.45, 7) is -0.803. The van der Waals surface area contributed by atoms with Crippen molar-refractivity contribution in [1.29, 1.82) is 0 Å². The van der Waals surface area contributed by atoms with Crippen molar-refractivity contribution in [3.63, 3.8) is 0 Å². The van der Waals surface area contributed by atoms with E-state index in [4.69, 9.17) is 33.2 Å². The summed E-state index contributed by atoms with van der Waals surface area (Å²) in [5.74, 6) is -7.12. The van der Waals surface area contributed by atoms with Gasteiger partial charge in [0.1, 0.15) is 91.4 Å². The Morgan fingerprint density at radius 1 is 0.667 bits per heavy atom. The lowest BCUT2D eigenvalue weighted by molar-refractivity contribution is -0.367. The van der Waals surface area contributed by atoms with Crippen LogP contribution in [0.5, 0.6) is 0 Å². The highest BCUT2D eigenvalue weighted by molar-refractivity contribution is 5.76. The first-order valence-electron chi connectivity index (χ1n) is 18.7. The van der Waals surface area contributed by atoms with Crippen molar-refractivity contribution in [3.05, 3.63) is 0 Å². The lowest BCUT2D eigenvalue weighted by Crippen LogP contribution is -2.70. The van der Waals surface area contributed by atoms with Gasteiger partial charge in [-0.15, -0.1) is 0 Å². The van der Waals surface area contributed by atoms with Gasteiger partial charge in [0.25, 0.3) is 5.79 Å². The second-order valence-electron chi connectivity index (χ2n) is 14.8. The first kappa shape index (κ1) is 49.8. The van der Waals surface area contributed by atoms with Crippen LogP contribution < -0.4 is 16.0 Å². The summed E-state index contributed by atoms with van der Waals surface area (Å²) in [4.78, 5) is 48.6. The van der Waals surface area contributed by atoms with Crippen molar-refractivity contribution in [3.8, 4) is 0 Å². The van der Waals surface area contributed by atoms with Crippen molar-refractivity contribution >= 4 is 23.7 Å². The summed E-state index contributed by atoms with van der Waals surface area (Å²) in [7, 11) is 0. The van der Waals surface area contributed by atoms with Crippen LogP contribution in [0.2, 0.25) is 0 Å². The second kappa shape index (κ2) is 21.0. The SMILES string of the molecule is CC(=O)N[C@H]1[C@@H](O[C@@H]2[C@H](O)[C@@H](O)[C@H](O[C@H]3[C@@H](O)[C@@H](CO[C@]4(C(=O)O)C[C@H](O)[C@@H](NC(C)=O)[C@H]([C@H](O)[C@H](O)CO)O4)OC(O)[C@@H]3NC(C)=O)O[C@@H]2CO)O[C@H](CO)[C@@H](O)[C@@H]1O. The maximum Gasteiger partial charge on any atom is 0.364 e. The van der Waals surface area contributed by atoms with Crippen LogP contribution in [0.1, 0.15) is 27.2 Å². The van der Waals surface area contributed by atoms with Gasteiger partial charge in [-0.25, -0.2) is 4.79 Å². The van der Waals surface area contributed by atoms with Crippen LogP contribution in [-0.2, 0) is 52.3 Å². The fourth-order valence-corrected chi connectivity index (χ4v) is 7.34. The Bertz CT molecular complexity index is 1470. The molecule has 4 saturated heterocycles. The van der Waals surface area contributed by atoms with E-state index in [2.05, 4.69) is 16.0 Å². The zero-order chi connectivity index (χ0) is 45.0. The lowest BCUT2D eigenvalue weighted by atomic mass is 9.88. The third kappa shape index (κ3) is 11.0. The number of carbonyl (C=O) groups excluding carboxylic acids is 3. The summed E-state index contributed by atoms with van der Waals surface area (Å²) in [5.41, 5.74) is 0. The fraction of sp³-hybridized carbons (Fsp3) is 0.879. The van der Waals surface area contributed by atoms with Gasteiger partial charge in [-0.05, 0) is 0 Å². The normalized spacial score (nSPS) is 43.3. The number of hydrogen-bond acceptors (Lipinski definition) is 23. The zero-order valence-electron chi connectivity index (χ0n) is 32.4. The van der Waals surface area contributed by atoms with Gasteiger partial charge in [0.05, 0.1) is 38.6 Å². The predicted octanol–water partition coefficient (Wildman–Crippen LogP) is -10.1. The number of amides is 3. The standard InChI is InChI=1S/C33H55N3O24/c1-9(40)34-17-12(43)4-33(32(52)53,60-28(17)20(45)13(44)5-37)54-8-16-22(47)27(19(29(51)55-16)36-11(3)42)59-31-25(50)24(49)26(15(7-39)57-31)58-30-18(35-10(2)41)23(48)21(46)14(6-38)56-30/h12-31,37-39,43-51H,4-8H2,1-3H3,(H,34,40)(H,35,41)(H,36,42)(H,52,53)/t12-,13+,14+,15+,16+,17+,18+,19+,20+,21+,22-,23+,24+,25+,26-,27+,28+,29?,30+,31-,33+/m0/s1. The molecule has 3 amide bonds. The lowest BCUT2D eigenvalue weighted by Gasteiger charge is -2.49. The average molecular weight is 878 g/mol. The molecule has 4 aliphatic rings. The van der Waals surface area contributed by atoms with E-state index in [0.29, 0.717) is 0 Å². The quantitative estimate of drug-likeness (QED) is 0.0684. The molecule has 4 aliphatic heterocycles. The van der Waals surface area contributed by atoms with Gasteiger partial charge < -0.3 is 115 Å². The number of aliphatic hydroxyl groups is 12. The number of carboxylic acid groups (broad SMARTS) is 1. The second-order valence-corrected chi connectivity index (χ2v) is 14.8.